The zero-order valence-electron chi connectivity index (χ0n) is 10.7. The van der Waals surface area contributed by atoms with E-state index in [1.54, 1.807) is 0 Å². The van der Waals surface area contributed by atoms with Gasteiger partial charge in [-0.1, -0.05) is 6.07 Å². The molecule has 1 unspecified atom stereocenters. The summed E-state index contributed by atoms with van der Waals surface area (Å²) in [5.41, 5.74) is 0.344. The van der Waals surface area contributed by atoms with E-state index in [1.807, 2.05) is 0 Å². The fraction of sp³-hybridized carbons (Fsp3) is 0.308. The fourth-order valence-corrected chi connectivity index (χ4v) is 1.50. The maximum absolute atomic E-state index is 13.3. The maximum Gasteiger partial charge on any atom is 0.326 e. The number of carboxylic acid groups (broad SMARTS) is 2. The number of nitrogens with one attached hydrogen (secondary N) is 1. The molecule has 20 heavy (non-hydrogen) atoms. The summed E-state index contributed by atoms with van der Waals surface area (Å²) in [6.45, 7) is 1.53. The molecule has 0 saturated carbocycles. The predicted octanol–water partition coefficient (Wildman–Crippen LogP) is 1.18. The molecular weight excluding hydrogens is 269 g/mol. The minimum absolute atomic E-state index is 0.0188. The first kappa shape index (κ1) is 15.6. The Morgan fingerprint density at radius 2 is 1.95 bits per heavy atom. The molecule has 0 fully saturated rings. The van der Waals surface area contributed by atoms with E-state index >= 15 is 0 Å². The Hall–Kier alpha value is -2.44. The van der Waals surface area contributed by atoms with Gasteiger partial charge in [0.1, 0.15) is 11.9 Å². The second-order valence-electron chi connectivity index (χ2n) is 4.26. The van der Waals surface area contributed by atoms with Gasteiger partial charge < -0.3 is 15.5 Å². The van der Waals surface area contributed by atoms with Crippen LogP contribution in [0.15, 0.2) is 18.2 Å². The van der Waals surface area contributed by atoms with Crippen molar-refractivity contribution in [1.29, 1.82) is 0 Å². The molecule has 0 aliphatic rings. The van der Waals surface area contributed by atoms with Gasteiger partial charge in [-0.3, -0.25) is 9.59 Å². The molecule has 3 N–H and O–H groups in total. The van der Waals surface area contributed by atoms with Crippen molar-refractivity contribution in [3.63, 3.8) is 0 Å². The highest BCUT2D eigenvalue weighted by molar-refractivity contribution is 5.96. The average molecular weight is 283 g/mol. The third kappa shape index (κ3) is 4.34. The van der Waals surface area contributed by atoms with Gasteiger partial charge in [-0.25, -0.2) is 9.18 Å². The number of carboxylic acids is 2. The van der Waals surface area contributed by atoms with Crippen molar-refractivity contribution in [2.24, 2.45) is 0 Å². The van der Waals surface area contributed by atoms with Crippen molar-refractivity contribution >= 4 is 17.8 Å². The van der Waals surface area contributed by atoms with Crippen LogP contribution in [-0.4, -0.2) is 34.1 Å². The Bertz CT molecular complexity index is 544. The van der Waals surface area contributed by atoms with Gasteiger partial charge in [-0.15, -0.1) is 0 Å². The summed E-state index contributed by atoms with van der Waals surface area (Å²) in [5, 5.41) is 19.6. The summed E-state index contributed by atoms with van der Waals surface area (Å²) in [6, 6.07) is 2.44. The van der Waals surface area contributed by atoms with E-state index in [0.717, 1.165) is 6.07 Å². The Kier molecular flexibility index (Phi) is 5.19. The topological polar surface area (TPSA) is 104 Å². The van der Waals surface area contributed by atoms with E-state index in [2.05, 4.69) is 5.32 Å². The summed E-state index contributed by atoms with van der Waals surface area (Å²) in [7, 11) is 0. The van der Waals surface area contributed by atoms with Crippen LogP contribution in [0, 0.1) is 12.7 Å². The Morgan fingerprint density at radius 1 is 1.30 bits per heavy atom. The SMILES string of the molecule is Cc1ccc(C(=O)NC(CCC(=O)O)C(=O)O)cc1F. The van der Waals surface area contributed by atoms with Crippen LogP contribution < -0.4 is 5.32 Å². The van der Waals surface area contributed by atoms with Gasteiger partial charge in [0.15, 0.2) is 0 Å². The van der Waals surface area contributed by atoms with Gasteiger partial charge in [0.25, 0.3) is 5.91 Å². The largest absolute Gasteiger partial charge is 0.481 e. The fourth-order valence-electron chi connectivity index (χ4n) is 1.50. The van der Waals surface area contributed by atoms with Crippen molar-refractivity contribution in [3.8, 4) is 0 Å². The smallest absolute Gasteiger partial charge is 0.326 e. The van der Waals surface area contributed by atoms with Crippen molar-refractivity contribution in [1.82, 2.24) is 5.32 Å². The summed E-state index contributed by atoms with van der Waals surface area (Å²) in [6.07, 6.45) is -0.635. The van der Waals surface area contributed by atoms with Crippen LogP contribution >= 0.6 is 0 Å². The molecule has 108 valence electrons. The van der Waals surface area contributed by atoms with Crippen LogP contribution in [0.3, 0.4) is 0 Å². The van der Waals surface area contributed by atoms with Crippen LogP contribution in [0.4, 0.5) is 4.39 Å². The molecule has 0 aliphatic carbocycles. The van der Waals surface area contributed by atoms with Crippen LogP contribution in [0.25, 0.3) is 0 Å². The molecule has 1 rings (SSSR count). The Morgan fingerprint density at radius 3 is 2.45 bits per heavy atom. The van der Waals surface area contributed by atoms with Crippen LogP contribution in [0.5, 0.6) is 0 Å². The summed E-state index contributed by atoms with van der Waals surface area (Å²) in [5.74, 6) is -3.84. The van der Waals surface area contributed by atoms with E-state index in [9.17, 15) is 18.8 Å². The quantitative estimate of drug-likeness (QED) is 0.727. The van der Waals surface area contributed by atoms with Gasteiger partial charge in [-0.2, -0.15) is 0 Å². The first-order valence-electron chi connectivity index (χ1n) is 5.83. The minimum atomic E-state index is -1.34. The second kappa shape index (κ2) is 6.65. The summed E-state index contributed by atoms with van der Waals surface area (Å²) >= 11 is 0. The Balaban J connectivity index is 2.77. The number of rotatable bonds is 6. The number of hydrogen-bond acceptors (Lipinski definition) is 3. The lowest BCUT2D eigenvalue weighted by atomic mass is 10.1. The van der Waals surface area contributed by atoms with E-state index in [4.69, 9.17) is 10.2 Å². The minimum Gasteiger partial charge on any atom is -0.481 e. The second-order valence-corrected chi connectivity index (χ2v) is 4.26. The lowest BCUT2D eigenvalue weighted by Crippen LogP contribution is -2.41. The van der Waals surface area contributed by atoms with E-state index in [1.165, 1.54) is 19.1 Å². The molecule has 6 nitrogen and oxygen atoms in total. The normalized spacial score (nSPS) is 11.7. The molecule has 1 aromatic rings. The van der Waals surface area contributed by atoms with E-state index < -0.39 is 29.7 Å². The van der Waals surface area contributed by atoms with Gasteiger partial charge in [0, 0.05) is 12.0 Å². The lowest BCUT2D eigenvalue weighted by molar-refractivity contribution is -0.140. The monoisotopic (exact) mass is 283 g/mol. The standard InChI is InChI=1S/C13H14FNO5/c1-7-2-3-8(6-9(7)14)12(18)15-10(13(19)20)4-5-11(16)17/h2-3,6,10H,4-5H2,1H3,(H,15,18)(H,16,17)(H,19,20). The summed E-state index contributed by atoms with van der Waals surface area (Å²) in [4.78, 5) is 33.1. The number of carbonyl (C=O) groups is 3. The van der Waals surface area contributed by atoms with Gasteiger partial charge in [0.05, 0.1) is 0 Å². The lowest BCUT2D eigenvalue weighted by Gasteiger charge is -2.13. The number of amides is 1. The molecule has 7 heteroatoms. The predicted molar refractivity (Wildman–Crippen MR) is 66.9 cm³/mol. The molecule has 0 bridgehead atoms. The number of benzene rings is 1. The van der Waals surface area contributed by atoms with Crippen LogP contribution in [0.2, 0.25) is 0 Å². The average Bonchev–Trinajstić information content (AvgIpc) is 2.36. The zero-order valence-corrected chi connectivity index (χ0v) is 10.7. The number of carbonyl (C=O) groups excluding carboxylic acids is 1. The van der Waals surface area contributed by atoms with Gasteiger partial charge >= 0.3 is 11.9 Å². The molecule has 0 spiro atoms. The molecule has 0 radical (unpaired) electrons. The highest BCUT2D eigenvalue weighted by atomic mass is 19.1. The third-order valence-corrected chi connectivity index (χ3v) is 2.68. The molecule has 0 aliphatic heterocycles. The van der Waals surface area contributed by atoms with Gasteiger partial charge in [0.2, 0.25) is 0 Å². The molecule has 1 amide bonds. The van der Waals surface area contributed by atoms with Crippen molar-refractivity contribution in [3.05, 3.63) is 35.1 Å². The highest BCUT2D eigenvalue weighted by Gasteiger charge is 2.21. The molecule has 0 aromatic heterocycles. The molecule has 1 aromatic carbocycles. The van der Waals surface area contributed by atoms with Crippen molar-refractivity contribution in [2.45, 2.75) is 25.8 Å². The number of aliphatic carboxylic acids is 2. The molecule has 0 saturated heterocycles. The van der Waals surface area contributed by atoms with Crippen molar-refractivity contribution < 1.29 is 29.0 Å². The van der Waals surface area contributed by atoms with Gasteiger partial charge in [-0.05, 0) is 31.0 Å². The molecule has 1 atom stereocenters. The highest BCUT2D eigenvalue weighted by Crippen LogP contribution is 2.10. The first-order chi connectivity index (χ1) is 9.31. The first-order valence-corrected chi connectivity index (χ1v) is 5.83. The number of hydrogen-bond donors (Lipinski definition) is 3. The molecule has 0 heterocycles. The Labute approximate surface area is 114 Å². The third-order valence-electron chi connectivity index (χ3n) is 2.68. The van der Waals surface area contributed by atoms with E-state index in [-0.39, 0.29) is 18.4 Å². The van der Waals surface area contributed by atoms with E-state index in [0.29, 0.717) is 5.56 Å². The van der Waals surface area contributed by atoms with Crippen molar-refractivity contribution in [2.75, 3.05) is 0 Å². The summed E-state index contributed by atoms with van der Waals surface area (Å²) < 4.78 is 13.3. The number of halogens is 1. The zero-order chi connectivity index (χ0) is 15.3. The maximum atomic E-state index is 13.3. The number of aryl methyl sites for hydroxylation is 1. The van der Waals surface area contributed by atoms with Crippen LogP contribution in [0.1, 0.15) is 28.8 Å². The molecular formula is C13H14FNO5. The van der Waals surface area contributed by atoms with Crippen LogP contribution in [-0.2, 0) is 9.59 Å².